The molecule has 0 spiro atoms. The van der Waals surface area contributed by atoms with Crippen molar-refractivity contribution in [3.05, 3.63) is 0 Å². The van der Waals surface area contributed by atoms with Gasteiger partial charge in [-0.2, -0.15) is 11.8 Å². The normalized spacial score (nSPS) is 38.6. The molecule has 0 aromatic rings. The average Bonchev–Trinajstić information content (AvgIpc) is 2.39. The molecule has 0 radical (unpaired) electrons. The Kier molecular flexibility index (Phi) is 5.14. The molecular formula is C15H27NOS. The van der Waals surface area contributed by atoms with Crippen molar-refractivity contribution in [2.24, 2.45) is 11.3 Å². The molecule has 3 unspecified atom stereocenters. The third-order valence-electron chi connectivity index (χ3n) is 4.59. The highest BCUT2D eigenvalue weighted by atomic mass is 32.2. The van der Waals surface area contributed by atoms with Crippen molar-refractivity contribution in [3.63, 3.8) is 0 Å². The predicted molar refractivity (Wildman–Crippen MR) is 79.1 cm³/mol. The zero-order chi connectivity index (χ0) is 13.0. The minimum atomic E-state index is -0.0298. The van der Waals surface area contributed by atoms with Gasteiger partial charge in [-0.15, -0.1) is 0 Å². The molecule has 2 nitrogen and oxygen atoms in total. The molecule has 1 aliphatic carbocycles. The molecule has 0 aromatic carbocycles. The van der Waals surface area contributed by atoms with E-state index in [1.54, 1.807) is 0 Å². The first-order chi connectivity index (χ1) is 8.67. The van der Waals surface area contributed by atoms with E-state index >= 15 is 0 Å². The van der Waals surface area contributed by atoms with Crippen LogP contribution in [-0.2, 0) is 4.79 Å². The molecule has 18 heavy (non-hydrogen) atoms. The Labute approximate surface area is 116 Å². The second kappa shape index (κ2) is 6.42. The third-order valence-corrected chi connectivity index (χ3v) is 5.97. The van der Waals surface area contributed by atoms with Crippen LogP contribution < -0.4 is 0 Å². The molecule has 1 saturated carbocycles. The number of hydrogen-bond donors (Lipinski definition) is 0. The molecule has 2 fully saturated rings. The Hall–Kier alpha value is -0.0200. The summed E-state index contributed by atoms with van der Waals surface area (Å²) in [5.74, 6) is 1.97. The van der Waals surface area contributed by atoms with Gasteiger partial charge in [0.1, 0.15) is 6.29 Å². The summed E-state index contributed by atoms with van der Waals surface area (Å²) in [5.41, 5.74) is -0.0298. The Morgan fingerprint density at radius 1 is 1.50 bits per heavy atom. The Bertz CT molecular complexity index is 284. The lowest BCUT2D eigenvalue weighted by atomic mass is 9.70. The topological polar surface area (TPSA) is 20.3 Å². The molecule has 0 amide bonds. The van der Waals surface area contributed by atoms with E-state index in [0.29, 0.717) is 0 Å². The van der Waals surface area contributed by atoms with Gasteiger partial charge in [-0.1, -0.05) is 26.7 Å². The van der Waals surface area contributed by atoms with Crippen molar-refractivity contribution in [2.75, 3.05) is 25.4 Å². The van der Waals surface area contributed by atoms with Crippen LogP contribution >= 0.6 is 11.8 Å². The maximum atomic E-state index is 11.6. The number of rotatable bonds is 4. The van der Waals surface area contributed by atoms with Gasteiger partial charge in [-0.05, 0) is 25.2 Å². The van der Waals surface area contributed by atoms with Crippen molar-refractivity contribution in [1.29, 1.82) is 0 Å². The highest BCUT2D eigenvalue weighted by Crippen LogP contribution is 2.39. The lowest BCUT2D eigenvalue weighted by Crippen LogP contribution is -2.46. The lowest BCUT2D eigenvalue weighted by molar-refractivity contribution is -0.120. The highest BCUT2D eigenvalue weighted by Gasteiger charge is 2.37. The monoisotopic (exact) mass is 269 g/mol. The predicted octanol–water partition coefficient (Wildman–Crippen LogP) is 3.21. The standard InChI is InChI=1S/C15H27NOS/c1-3-14-10-16(7-8-18-14)11-15(12-17)6-4-5-13(2)9-15/h12-14H,3-11H2,1-2H3. The number of aldehydes is 1. The van der Waals surface area contributed by atoms with E-state index in [2.05, 4.69) is 30.5 Å². The summed E-state index contributed by atoms with van der Waals surface area (Å²) in [6.45, 7) is 7.95. The first kappa shape index (κ1) is 14.4. The van der Waals surface area contributed by atoms with E-state index in [1.165, 1.54) is 44.4 Å². The summed E-state index contributed by atoms with van der Waals surface area (Å²) in [4.78, 5) is 14.2. The summed E-state index contributed by atoms with van der Waals surface area (Å²) in [6, 6.07) is 0. The Morgan fingerprint density at radius 3 is 3.00 bits per heavy atom. The van der Waals surface area contributed by atoms with Gasteiger partial charge in [-0.3, -0.25) is 0 Å². The average molecular weight is 269 g/mol. The molecule has 2 aliphatic rings. The van der Waals surface area contributed by atoms with Gasteiger partial charge < -0.3 is 9.69 Å². The second-order valence-electron chi connectivity index (χ2n) is 6.32. The summed E-state index contributed by atoms with van der Waals surface area (Å²) in [7, 11) is 0. The molecule has 2 rings (SSSR count). The van der Waals surface area contributed by atoms with Gasteiger partial charge in [0, 0.05) is 36.1 Å². The van der Waals surface area contributed by atoms with Gasteiger partial charge in [0.15, 0.2) is 0 Å². The maximum Gasteiger partial charge on any atom is 0.127 e. The molecule has 104 valence electrons. The number of thioether (sulfide) groups is 1. The molecule has 0 N–H and O–H groups in total. The fraction of sp³-hybridized carbons (Fsp3) is 0.933. The van der Waals surface area contributed by atoms with Crippen molar-refractivity contribution in [3.8, 4) is 0 Å². The number of carbonyl (C=O) groups excluding carboxylic acids is 1. The van der Waals surface area contributed by atoms with E-state index < -0.39 is 0 Å². The zero-order valence-electron chi connectivity index (χ0n) is 11.9. The number of nitrogens with zero attached hydrogens (tertiary/aromatic N) is 1. The molecule has 1 heterocycles. The largest absolute Gasteiger partial charge is 0.303 e. The third kappa shape index (κ3) is 3.51. The first-order valence-electron chi connectivity index (χ1n) is 7.48. The van der Waals surface area contributed by atoms with Crippen LogP contribution in [0.2, 0.25) is 0 Å². The van der Waals surface area contributed by atoms with Gasteiger partial charge in [-0.25, -0.2) is 0 Å². The van der Waals surface area contributed by atoms with Gasteiger partial charge in [0.2, 0.25) is 0 Å². The number of carbonyl (C=O) groups is 1. The summed E-state index contributed by atoms with van der Waals surface area (Å²) in [5, 5.41) is 0.781. The van der Waals surface area contributed by atoms with E-state index in [1.807, 2.05) is 0 Å². The molecule has 3 atom stereocenters. The smallest absolute Gasteiger partial charge is 0.127 e. The van der Waals surface area contributed by atoms with Crippen LogP contribution in [0, 0.1) is 11.3 Å². The first-order valence-corrected chi connectivity index (χ1v) is 8.52. The van der Waals surface area contributed by atoms with Crippen LogP contribution in [0.15, 0.2) is 0 Å². The highest BCUT2D eigenvalue weighted by molar-refractivity contribution is 8.00. The van der Waals surface area contributed by atoms with Gasteiger partial charge in [0.05, 0.1) is 0 Å². The fourth-order valence-corrected chi connectivity index (χ4v) is 4.85. The van der Waals surface area contributed by atoms with Crippen LogP contribution in [0.1, 0.15) is 46.0 Å². The Morgan fingerprint density at radius 2 is 2.33 bits per heavy atom. The quantitative estimate of drug-likeness (QED) is 0.731. The van der Waals surface area contributed by atoms with Crippen molar-refractivity contribution in [2.45, 2.75) is 51.2 Å². The van der Waals surface area contributed by atoms with Crippen LogP contribution in [-0.4, -0.2) is 41.8 Å². The van der Waals surface area contributed by atoms with Crippen LogP contribution in [0.4, 0.5) is 0 Å². The van der Waals surface area contributed by atoms with E-state index in [4.69, 9.17) is 0 Å². The van der Waals surface area contributed by atoms with E-state index in [9.17, 15) is 4.79 Å². The van der Waals surface area contributed by atoms with Crippen LogP contribution in [0.3, 0.4) is 0 Å². The van der Waals surface area contributed by atoms with Crippen LogP contribution in [0.25, 0.3) is 0 Å². The summed E-state index contributed by atoms with van der Waals surface area (Å²) in [6.07, 6.45) is 7.30. The van der Waals surface area contributed by atoms with Crippen LogP contribution in [0.5, 0.6) is 0 Å². The molecule has 3 heteroatoms. The summed E-state index contributed by atoms with van der Waals surface area (Å²) >= 11 is 2.11. The molecular weight excluding hydrogens is 242 g/mol. The van der Waals surface area contributed by atoms with Gasteiger partial charge in [0.25, 0.3) is 0 Å². The summed E-state index contributed by atoms with van der Waals surface area (Å²) < 4.78 is 0. The second-order valence-corrected chi connectivity index (χ2v) is 7.73. The van der Waals surface area contributed by atoms with E-state index in [0.717, 1.165) is 30.6 Å². The minimum absolute atomic E-state index is 0.0298. The molecule has 1 aliphatic heterocycles. The van der Waals surface area contributed by atoms with Crippen molar-refractivity contribution in [1.82, 2.24) is 4.90 Å². The minimum Gasteiger partial charge on any atom is -0.303 e. The van der Waals surface area contributed by atoms with Gasteiger partial charge >= 0.3 is 0 Å². The van der Waals surface area contributed by atoms with Crippen molar-refractivity contribution >= 4 is 18.0 Å². The molecule has 0 aromatic heterocycles. The Balaban J connectivity index is 1.94. The fourth-order valence-electron chi connectivity index (χ4n) is 3.60. The SMILES string of the molecule is CCC1CN(CC2(C=O)CCCC(C)C2)CCS1. The molecule has 1 saturated heterocycles. The maximum absolute atomic E-state index is 11.6. The number of hydrogen-bond acceptors (Lipinski definition) is 3. The van der Waals surface area contributed by atoms with E-state index in [-0.39, 0.29) is 5.41 Å². The lowest BCUT2D eigenvalue weighted by Gasteiger charge is -2.41. The zero-order valence-corrected chi connectivity index (χ0v) is 12.7. The van der Waals surface area contributed by atoms with Crippen molar-refractivity contribution < 1.29 is 4.79 Å². The molecule has 0 bridgehead atoms.